The first-order valence-electron chi connectivity index (χ1n) is 6.78. The van der Waals surface area contributed by atoms with Crippen LogP contribution in [-0.2, 0) is 16.6 Å². The van der Waals surface area contributed by atoms with Gasteiger partial charge in [0, 0.05) is 12.6 Å². The van der Waals surface area contributed by atoms with E-state index in [1.54, 1.807) is 0 Å². The molecule has 6 heteroatoms. The van der Waals surface area contributed by atoms with Gasteiger partial charge in [0.25, 0.3) is 0 Å². The van der Waals surface area contributed by atoms with Crippen molar-refractivity contribution in [1.82, 2.24) is 10.0 Å². The van der Waals surface area contributed by atoms with Crippen molar-refractivity contribution >= 4 is 10.0 Å². The predicted octanol–water partition coefficient (Wildman–Crippen LogP) is 2.01. The molecule has 1 aromatic carbocycles. The molecule has 1 saturated carbocycles. The Morgan fingerprint density at radius 1 is 1.40 bits per heavy atom. The third-order valence-electron chi connectivity index (χ3n) is 3.70. The summed E-state index contributed by atoms with van der Waals surface area (Å²) >= 11 is 0. The Hall–Kier alpha value is -0.980. The summed E-state index contributed by atoms with van der Waals surface area (Å²) in [5.41, 5.74) is 0.571. The van der Waals surface area contributed by atoms with E-state index in [4.69, 9.17) is 0 Å². The summed E-state index contributed by atoms with van der Waals surface area (Å²) in [6.45, 7) is 7.07. The van der Waals surface area contributed by atoms with Gasteiger partial charge >= 0.3 is 0 Å². The summed E-state index contributed by atoms with van der Waals surface area (Å²) < 4.78 is 40.9. The van der Waals surface area contributed by atoms with Crippen molar-refractivity contribution < 1.29 is 12.8 Å². The second kappa shape index (κ2) is 5.42. The SMILES string of the molecule is CCNCc1ccc(F)cc1S(=O)(=O)NC1CC1(C)C. The Kier molecular flexibility index (Phi) is 4.18. The van der Waals surface area contributed by atoms with Gasteiger partial charge in [-0.05, 0) is 36.1 Å². The molecule has 2 N–H and O–H groups in total. The number of halogens is 1. The molecule has 0 bridgehead atoms. The minimum absolute atomic E-state index is 0.0117. The van der Waals surface area contributed by atoms with Crippen LogP contribution in [0.1, 0.15) is 32.8 Å². The quantitative estimate of drug-likeness (QED) is 0.845. The second-order valence-electron chi connectivity index (χ2n) is 5.90. The van der Waals surface area contributed by atoms with Crippen molar-refractivity contribution in [2.75, 3.05) is 6.54 Å². The zero-order chi connectivity index (χ0) is 15.0. The maximum absolute atomic E-state index is 13.4. The van der Waals surface area contributed by atoms with Crippen LogP contribution in [0.15, 0.2) is 23.1 Å². The highest BCUT2D eigenvalue weighted by atomic mass is 32.2. The average molecular weight is 300 g/mol. The molecule has 0 aliphatic heterocycles. The van der Waals surface area contributed by atoms with E-state index in [1.807, 2.05) is 20.8 Å². The molecular formula is C14H21FN2O2S. The molecule has 0 saturated heterocycles. The molecule has 0 spiro atoms. The summed E-state index contributed by atoms with van der Waals surface area (Å²) in [6, 6.07) is 3.82. The van der Waals surface area contributed by atoms with E-state index in [-0.39, 0.29) is 16.4 Å². The van der Waals surface area contributed by atoms with Crippen molar-refractivity contribution in [2.24, 2.45) is 5.41 Å². The van der Waals surface area contributed by atoms with E-state index in [0.717, 1.165) is 19.0 Å². The molecule has 1 aliphatic rings. The molecule has 0 radical (unpaired) electrons. The highest BCUT2D eigenvalue weighted by Crippen LogP contribution is 2.45. The van der Waals surface area contributed by atoms with E-state index >= 15 is 0 Å². The molecule has 1 aliphatic carbocycles. The molecular weight excluding hydrogens is 279 g/mol. The fraction of sp³-hybridized carbons (Fsp3) is 0.571. The maximum Gasteiger partial charge on any atom is 0.241 e. The normalized spacial score (nSPS) is 20.9. The fourth-order valence-corrected chi connectivity index (χ4v) is 3.76. The summed E-state index contributed by atoms with van der Waals surface area (Å²) in [6.07, 6.45) is 0.810. The number of rotatable bonds is 6. The Bertz CT molecular complexity index is 599. The maximum atomic E-state index is 13.4. The molecule has 1 atom stereocenters. The van der Waals surface area contributed by atoms with Gasteiger partial charge in [-0.1, -0.05) is 26.8 Å². The van der Waals surface area contributed by atoms with Crippen LogP contribution < -0.4 is 10.0 Å². The minimum Gasteiger partial charge on any atom is -0.313 e. The van der Waals surface area contributed by atoms with Gasteiger partial charge in [0.15, 0.2) is 0 Å². The van der Waals surface area contributed by atoms with Gasteiger partial charge in [-0.15, -0.1) is 0 Å². The highest BCUT2D eigenvalue weighted by Gasteiger charge is 2.48. The van der Waals surface area contributed by atoms with Crippen LogP contribution in [0, 0.1) is 11.2 Å². The lowest BCUT2D eigenvalue weighted by Gasteiger charge is -2.13. The van der Waals surface area contributed by atoms with Crippen LogP contribution in [0.4, 0.5) is 4.39 Å². The van der Waals surface area contributed by atoms with E-state index in [1.165, 1.54) is 12.1 Å². The van der Waals surface area contributed by atoms with Gasteiger partial charge in [0.2, 0.25) is 10.0 Å². The Labute approximate surface area is 119 Å². The molecule has 20 heavy (non-hydrogen) atoms. The first kappa shape index (κ1) is 15.4. The molecule has 4 nitrogen and oxygen atoms in total. The number of nitrogens with one attached hydrogen (secondary N) is 2. The lowest BCUT2D eigenvalue weighted by Crippen LogP contribution is -2.30. The summed E-state index contributed by atoms with van der Waals surface area (Å²) in [4.78, 5) is 0.0288. The van der Waals surface area contributed by atoms with E-state index < -0.39 is 15.8 Å². The summed E-state index contributed by atoms with van der Waals surface area (Å²) in [7, 11) is -3.68. The predicted molar refractivity (Wildman–Crippen MR) is 76.3 cm³/mol. The molecule has 0 heterocycles. The third kappa shape index (κ3) is 3.37. The fourth-order valence-electron chi connectivity index (χ4n) is 2.10. The lowest BCUT2D eigenvalue weighted by atomic mass is 10.2. The van der Waals surface area contributed by atoms with Crippen LogP contribution in [0.25, 0.3) is 0 Å². The van der Waals surface area contributed by atoms with Crippen molar-refractivity contribution in [3.63, 3.8) is 0 Å². The van der Waals surface area contributed by atoms with Crippen molar-refractivity contribution in [1.29, 1.82) is 0 Å². The Morgan fingerprint density at radius 2 is 2.05 bits per heavy atom. The molecule has 0 amide bonds. The van der Waals surface area contributed by atoms with Gasteiger partial charge in [-0.3, -0.25) is 0 Å². The Morgan fingerprint density at radius 3 is 2.60 bits per heavy atom. The van der Waals surface area contributed by atoms with Crippen LogP contribution in [0.2, 0.25) is 0 Å². The van der Waals surface area contributed by atoms with Gasteiger partial charge in [-0.25, -0.2) is 17.5 Å². The number of hydrogen-bond donors (Lipinski definition) is 2. The first-order chi connectivity index (χ1) is 9.26. The summed E-state index contributed by atoms with van der Waals surface area (Å²) in [5, 5.41) is 3.07. The average Bonchev–Trinajstić information content (AvgIpc) is 2.93. The number of benzene rings is 1. The van der Waals surface area contributed by atoms with Crippen molar-refractivity contribution in [2.45, 2.75) is 44.7 Å². The van der Waals surface area contributed by atoms with Crippen molar-refractivity contribution in [3.8, 4) is 0 Å². The Balaban J connectivity index is 2.27. The van der Waals surface area contributed by atoms with Gasteiger partial charge in [0.1, 0.15) is 5.82 Å². The van der Waals surface area contributed by atoms with Crippen LogP contribution in [0.5, 0.6) is 0 Å². The van der Waals surface area contributed by atoms with E-state index in [0.29, 0.717) is 12.1 Å². The zero-order valence-electron chi connectivity index (χ0n) is 12.0. The molecule has 1 unspecified atom stereocenters. The zero-order valence-corrected chi connectivity index (χ0v) is 12.8. The molecule has 2 rings (SSSR count). The lowest BCUT2D eigenvalue weighted by molar-refractivity contribution is 0.551. The monoisotopic (exact) mass is 300 g/mol. The van der Waals surface area contributed by atoms with Gasteiger partial charge < -0.3 is 5.32 Å². The van der Waals surface area contributed by atoms with Gasteiger partial charge in [-0.2, -0.15) is 0 Å². The number of hydrogen-bond acceptors (Lipinski definition) is 3. The molecule has 0 aromatic heterocycles. The van der Waals surface area contributed by atoms with Crippen LogP contribution in [0.3, 0.4) is 0 Å². The summed E-state index contributed by atoms with van der Waals surface area (Å²) in [5.74, 6) is -0.541. The van der Waals surface area contributed by atoms with Crippen LogP contribution >= 0.6 is 0 Å². The standard InChI is InChI=1S/C14H21FN2O2S/c1-4-16-9-10-5-6-11(15)7-12(10)20(18,19)17-13-8-14(13,2)3/h5-7,13,16-17H,4,8-9H2,1-3H3. The molecule has 112 valence electrons. The first-order valence-corrected chi connectivity index (χ1v) is 8.26. The van der Waals surface area contributed by atoms with E-state index in [2.05, 4.69) is 10.0 Å². The van der Waals surface area contributed by atoms with Crippen LogP contribution in [-0.4, -0.2) is 21.0 Å². The van der Waals surface area contributed by atoms with Gasteiger partial charge in [0.05, 0.1) is 4.90 Å². The molecule has 1 fully saturated rings. The largest absolute Gasteiger partial charge is 0.313 e. The highest BCUT2D eigenvalue weighted by molar-refractivity contribution is 7.89. The molecule has 1 aromatic rings. The van der Waals surface area contributed by atoms with Crippen molar-refractivity contribution in [3.05, 3.63) is 29.6 Å². The third-order valence-corrected chi connectivity index (χ3v) is 5.25. The minimum atomic E-state index is -3.68. The number of sulfonamides is 1. The second-order valence-corrected chi connectivity index (χ2v) is 7.58. The topological polar surface area (TPSA) is 58.2 Å². The van der Waals surface area contributed by atoms with E-state index in [9.17, 15) is 12.8 Å². The smallest absolute Gasteiger partial charge is 0.241 e.